The van der Waals surface area contributed by atoms with Gasteiger partial charge < -0.3 is 10.3 Å². The van der Waals surface area contributed by atoms with Crippen molar-refractivity contribution >= 4 is 22.2 Å². The Morgan fingerprint density at radius 1 is 0.963 bits per heavy atom. The summed E-state index contributed by atoms with van der Waals surface area (Å²) in [7, 11) is 0. The van der Waals surface area contributed by atoms with E-state index in [0.717, 1.165) is 33.3 Å². The lowest BCUT2D eigenvalue weighted by Gasteiger charge is -2.23. The van der Waals surface area contributed by atoms with Crippen LogP contribution in [0.4, 0.5) is 5.69 Å². The van der Waals surface area contributed by atoms with Gasteiger partial charge in [-0.3, -0.25) is 0 Å². The fraction of sp³-hybridized carbons (Fsp3) is 0.0417. The maximum absolute atomic E-state index is 9.19. The summed E-state index contributed by atoms with van der Waals surface area (Å²) < 4.78 is 0. The quantitative estimate of drug-likeness (QED) is 0.471. The molecule has 1 heterocycles. The minimum atomic E-state index is -0.112. The van der Waals surface area contributed by atoms with Crippen LogP contribution in [-0.4, -0.2) is 4.98 Å². The van der Waals surface area contributed by atoms with Gasteiger partial charge in [0.2, 0.25) is 0 Å². The van der Waals surface area contributed by atoms with E-state index in [9.17, 15) is 5.26 Å². The van der Waals surface area contributed by atoms with E-state index >= 15 is 0 Å². The van der Waals surface area contributed by atoms with Crippen LogP contribution in [0, 0.1) is 11.3 Å². The van der Waals surface area contributed by atoms with Crippen molar-refractivity contribution in [2.45, 2.75) is 6.04 Å². The van der Waals surface area contributed by atoms with Gasteiger partial charge >= 0.3 is 0 Å². The van der Waals surface area contributed by atoms with Crippen molar-refractivity contribution in [3.8, 4) is 6.07 Å². The smallest absolute Gasteiger partial charge is 0.0992 e. The molecule has 1 aromatic heterocycles. The van der Waals surface area contributed by atoms with Crippen molar-refractivity contribution < 1.29 is 0 Å². The average molecular weight is 349 g/mol. The number of nitrogens with zero attached hydrogens (tertiary/aromatic N) is 1. The lowest BCUT2D eigenvalue weighted by Crippen LogP contribution is -2.12. The number of hydrogen-bond acceptors (Lipinski definition) is 2. The van der Waals surface area contributed by atoms with Crippen LogP contribution >= 0.6 is 0 Å². The molecule has 27 heavy (non-hydrogen) atoms. The van der Waals surface area contributed by atoms with Gasteiger partial charge in [0.15, 0.2) is 0 Å². The molecule has 0 aliphatic carbocycles. The van der Waals surface area contributed by atoms with Gasteiger partial charge in [-0.1, -0.05) is 61.2 Å². The van der Waals surface area contributed by atoms with Crippen LogP contribution in [0.1, 0.15) is 22.7 Å². The molecule has 1 atom stereocenters. The highest BCUT2D eigenvalue weighted by Gasteiger charge is 2.19. The molecule has 0 bridgehead atoms. The summed E-state index contributed by atoms with van der Waals surface area (Å²) in [6.45, 7) is 4.42. The summed E-state index contributed by atoms with van der Waals surface area (Å²) in [5.41, 5.74) is 5.79. The summed E-state index contributed by atoms with van der Waals surface area (Å²) in [5, 5.41) is 13.9. The van der Waals surface area contributed by atoms with Gasteiger partial charge in [0.1, 0.15) is 0 Å². The molecule has 3 nitrogen and oxygen atoms in total. The van der Waals surface area contributed by atoms with Gasteiger partial charge in [0.05, 0.1) is 17.7 Å². The standard InChI is InChI=1S/C24H19N3/c1-17(22-16-26-23-13-6-5-12-21(22)23)24(19-9-3-2-4-10-19)27-20-11-7-8-18(14-20)15-25/h2-14,16,24,26-27H,1H2. The monoisotopic (exact) mass is 349 g/mol. The van der Waals surface area contributed by atoms with E-state index in [-0.39, 0.29) is 6.04 Å². The van der Waals surface area contributed by atoms with Gasteiger partial charge in [-0.2, -0.15) is 5.26 Å². The minimum Gasteiger partial charge on any atom is -0.374 e. The SMILES string of the molecule is C=C(c1c[nH]c2ccccc12)C(Nc1cccc(C#N)c1)c1ccccc1. The van der Waals surface area contributed by atoms with Crippen molar-refractivity contribution in [1.29, 1.82) is 5.26 Å². The highest BCUT2D eigenvalue weighted by atomic mass is 14.9. The molecule has 0 saturated carbocycles. The molecule has 1 unspecified atom stereocenters. The Morgan fingerprint density at radius 2 is 1.74 bits per heavy atom. The number of aromatic nitrogens is 1. The van der Waals surface area contributed by atoms with E-state index in [1.165, 1.54) is 0 Å². The van der Waals surface area contributed by atoms with E-state index in [1.54, 1.807) is 6.07 Å². The normalized spacial score (nSPS) is 11.7. The molecule has 0 spiro atoms. The van der Waals surface area contributed by atoms with Crippen molar-refractivity contribution in [3.63, 3.8) is 0 Å². The zero-order valence-electron chi connectivity index (χ0n) is 14.8. The van der Waals surface area contributed by atoms with E-state index in [1.807, 2.05) is 54.7 Å². The predicted octanol–water partition coefficient (Wildman–Crippen LogP) is 5.91. The van der Waals surface area contributed by atoms with Gasteiger partial charge in [-0.15, -0.1) is 0 Å². The van der Waals surface area contributed by atoms with Crippen LogP contribution in [0.25, 0.3) is 16.5 Å². The maximum Gasteiger partial charge on any atom is 0.0992 e. The first kappa shape index (κ1) is 16.7. The van der Waals surface area contributed by atoms with E-state index in [0.29, 0.717) is 5.56 Å². The van der Waals surface area contributed by atoms with Crippen LogP contribution in [0.2, 0.25) is 0 Å². The number of H-pyrrole nitrogens is 1. The van der Waals surface area contributed by atoms with E-state index < -0.39 is 0 Å². The molecule has 0 saturated heterocycles. The minimum absolute atomic E-state index is 0.112. The second kappa shape index (κ2) is 7.23. The van der Waals surface area contributed by atoms with Crippen LogP contribution in [-0.2, 0) is 0 Å². The largest absolute Gasteiger partial charge is 0.374 e. The number of para-hydroxylation sites is 1. The zero-order valence-corrected chi connectivity index (χ0v) is 14.8. The van der Waals surface area contributed by atoms with Gasteiger partial charge in [-0.05, 0) is 35.4 Å². The summed E-state index contributed by atoms with van der Waals surface area (Å²) >= 11 is 0. The highest BCUT2D eigenvalue weighted by Crippen LogP contribution is 2.35. The molecule has 3 aromatic carbocycles. The van der Waals surface area contributed by atoms with Crippen molar-refractivity contribution in [1.82, 2.24) is 4.98 Å². The third kappa shape index (κ3) is 3.33. The predicted molar refractivity (Wildman–Crippen MR) is 111 cm³/mol. The summed E-state index contributed by atoms with van der Waals surface area (Å²) in [6.07, 6.45) is 2.01. The molecular weight excluding hydrogens is 330 g/mol. The van der Waals surface area contributed by atoms with Gasteiger partial charge in [0.25, 0.3) is 0 Å². The molecule has 0 radical (unpaired) electrons. The average Bonchev–Trinajstić information content (AvgIpc) is 3.16. The lowest BCUT2D eigenvalue weighted by atomic mass is 9.93. The summed E-state index contributed by atoms with van der Waals surface area (Å²) in [4.78, 5) is 3.33. The number of aromatic amines is 1. The van der Waals surface area contributed by atoms with Crippen LogP contribution < -0.4 is 5.32 Å². The Labute approximate surface area is 158 Å². The van der Waals surface area contributed by atoms with E-state index in [4.69, 9.17) is 0 Å². The Morgan fingerprint density at radius 3 is 2.56 bits per heavy atom. The Kier molecular flexibility index (Phi) is 4.47. The molecule has 130 valence electrons. The lowest BCUT2D eigenvalue weighted by molar-refractivity contribution is 1.01. The summed E-state index contributed by atoms with van der Waals surface area (Å²) in [6, 6.07) is 28.1. The number of nitrogens with one attached hydrogen (secondary N) is 2. The first-order chi connectivity index (χ1) is 13.3. The van der Waals surface area contributed by atoms with Crippen molar-refractivity contribution in [3.05, 3.63) is 108 Å². The van der Waals surface area contributed by atoms with E-state index in [2.05, 4.69) is 47.2 Å². The van der Waals surface area contributed by atoms with Crippen LogP contribution in [0.15, 0.2) is 91.6 Å². The number of hydrogen-bond donors (Lipinski definition) is 2. The Hall–Kier alpha value is -3.77. The third-order valence-corrected chi connectivity index (χ3v) is 4.72. The topological polar surface area (TPSA) is 51.6 Å². The van der Waals surface area contributed by atoms with Crippen LogP contribution in [0.5, 0.6) is 0 Å². The molecule has 0 aliphatic heterocycles. The highest BCUT2D eigenvalue weighted by molar-refractivity contribution is 5.93. The molecule has 2 N–H and O–H groups in total. The second-order valence-corrected chi connectivity index (χ2v) is 6.45. The molecule has 3 heteroatoms. The first-order valence-electron chi connectivity index (χ1n) is 8.83. The molecule has 4 aromatic rings. The fourth-order valence-electron chi connectivity index (χ4n) is 3.36. The van der Waals surface area contributed by atoms with Crippen molar-refractivity contribution in [2.24, 2.45) is 0 Å². The van der Waals surface area contributed by atoms with Gasteiger partial charge in [-0.25, -0.2) is 0 Å². The third-order valence-electron chi connectivity index (χ3n) is 4.72. The molecule has 0 fully saturated rings. The summed E-state index contributed by atoms with van der Waals surface area (Å²) in [5.74, 6) is 0. The molecule has 4 rings (SSSR count). The maximum atomic E-state index is 9.19. The number of fused-ring (bicyclic) bond motifs is 1. The number of anilines is 1. The second-order valence-electron chi connectivity index (χ2n) is 6.45. The Bertz CT molecular complexity index is 1130. The molecular formula is C24H19N3. The molecule has 0 aliphatic rings. The van der Waals surface area contributed by atoms with Gasteiger partial charge in [0, 0.05) is 28.4 Å². The number of nitriles is 1. The zero-order chi connectivity index (χ0) is 18.6. The number of rotatable bonds is 5. The molecule has 0 amide bonds. The fourth-order valence-corrected chi connectivity index (χ4v) is 3.36. The number of benzene rings is 3. The van der Waals surface area contributed by atoms with Crippen LogP contribution in [0.3, 0.4) is 0 Å². The Balaban J connectivity index is 1.76. The first-order valence-corrected chi connectivity index (χ1v) is 8.83. The van der Waals surface area contributed by atoms with Crippen molar-refractivity contribution in [2.75, 3.05) is 5.32 Å².